The summed E-state index contributed by atoms with van der Waals surface area (Å²) in [5.41, 5.74) is 1.09. The van der Waals surface area contributed by atoms with Gasteiger partial charge in [-0.1, -0.05) is 6.92 Å². The van der Waals surface area contributed by atoms with E-state index in [1.807, 2.05) is 6.07 Å². The Labute approximate surface area is 107 Å². The Kier molecular flexibility index (Phi) is 4.33. The minimum atomic E-state index is -0.370. The van der Waals surface area contributed by atoms with E-state index in [9.17, 15) is 4.39 Å². The van der Waals surface area contributed by atoms with Crippen LogP contribution in [0.15, 0.2) is 18.2 Å². The molecule has 0 amide bonds. The van der Waals surface area contributed by atoms with Crippen LogP contribution in [-0.2, 0) is 11.3 Å². The molecule has 1 aromatic carbocycles. The fourth-order valence-electron chi connectivity index (χ4n) is 2.41. The Morgan fingerprint density at radius 3 is 2.67 bits per heavy atom. The number of hydrogen-bond acceptors (Lipinski definition) is 2. The van der Waals surface area contributed by atoms with Gasteiger partial charge < -0.3 is 4.74 Å². The fraction of sp³-hybridized carbons (Fsp3) is 0.533. The zero-order valence-corrected chi connectivity index (χ0v) is 10.7. The molecule has 1 fully saturated rings. The monoisotopic (exact) mass is 247 g/mol. The minimum Gasteiger partial charge on any atom is -0.374 e. The Morgan fingerprint density at radius 1 is 1.28 bits per heavy atom. The predicted octanol–water partition coefficient (Wildman–Crippen LogP) is 3.79. The number of benzene rings is 1. The number of hydrogen-bond donors (Lipinski definition) is 0. The lowest BCUT2D eigenvalue weighted by molar-refractivity contribution is 0.00867. The van der Waals surface area contributed by atoms with Gasteiger partial charge in [0.2, 0.25) is 0 Å². The summed E-state index contributed by atoms with van der Waals surface area (Å²) in [6.45, 7) is 2.66. The van der Waals surface area contributed by atoms with Crippen LogP contribution in [0.2, 0.25) is 0 Å². The molecule has 0 aromatic heterocycles. The number of nitrogens with zero attached hydrogens (tertiary/aromatic N) is 1. The van der Waals surface area contributed by atoms with Crippen LogP contribution in [-0.4, -0.2) is 6.10 Å². The van der Waals surface area contributed by atoms with Crippen LogP contribution in [0.4, 0.5) is 4.39 Å². The molecule has 2 nitrogen and oxygen atoms in total. The molecule has 0 radical (unpaired) electrons. The molecule has 1 aromatic rings. The van der Waals surface area contributed by atoms with Crippen LogP contribution in [0, 0.1) is 23.1 Å². The van der Waals surface area contributed by atoms with E-state index in [0.29, 0.717) is 12.2 Å². The van der Waals surface area contributed by atoms with E-state index in [1.54, 1.807) is 6.07 Å². The van der Waals surface area contributed by atoms with E-state index in [-0.39, 0.29) is 11.9 Å². The Balaban J connectivity index is 1.90. The summed E-state index contributed by atoms with van der Waals surface area (Å²) in [5, 5.41) is 8.78. The lowest BCUT2D eigenvalue weighted by Crippen LogP contribution is -2.20. The SMILES string of the molecule is CC1CCC(OCc2cc(F)cc(C#N)c2)CC1. The third-order valence-electron chi connectivity index (χ3n) is 3.54. The van der Waals surface area contributed by atoms with E-state index in [1.165, 1.54) is 25.0 Å². The topological polar surface area (TPSA) is 33.0 Å². The zero-order chi connectivity index (χ0) is 13.0. The van der Waals surface area contributed by atoms with Crippen molar-refractivity contribution in [3.05, 3.63) is 35.1 Å². The summed E-state index contributed by atoms with van der Waals surface area (Å²) in [4.78, 5) is 0. The van der Waals surface area contributed by atoms with E-state index < -0.39 is 0 Å². The summed E-state index contributed by atoms with van der Waals surface area (Å²) in [6.07, 6.45) is 4.87. The van der Waals surface area contributed by atoms with Crippen molar-refractivity contribution < 1.29 is 9.13 Å². The maximum atomic E-state index is 13.2. The van der Waals surface area contributed by atoms with Crippen molar-refractivity contribution in [1.29, 1.82) is 5.26 Å². The average Bonchev–Trinajstić information content (AvgIpc) is 2.37. The van der Waals surface area contributed by atoms with Gasteiger partial charge >= 0.3 is 0 Å². The quantitative estimate of drug-likeness (QED) is 0.814. The molecular weight excluding hydrogens is 229 g/mol. The fourth-order valence-corrected chi connectivity index (χ4v) is 2.41. The van der Waals surface area contributed by atoms with Crippen LogP contribution in [0.25, 0.3) is 0 Å². The highest BCUT2D eigenvalue weighted by Gasteiger charge is 2.18. The Bertz CT molecular complexity index is 444. The van der Waals surface area contributed by atoms with Crippen molar-refractivity contribution >= 4 is 0 Å². The van der Waals surface area contributed by atoms with Crippen molar-refractivity contribution in [1.82, 2.24) is 0 Å². The molecule has 1 saturated carbocycles. The summed E-state index contributed by atoms with van der Waals surface area (Å²) in [5.74, 6) is 0.425. The third kappa shape index (κ3) is 3.54. The molecule has 0 saturated heterocycles. The number of nitriles is 1. The molecule has 0 aliphatic heterocycles. The normalized spacial score (nSPS) is 23.6. The average molecular weight is 247 g/mol. The molecule has 0 bridgehead atoms. The van der Waals surface area contributed by atoms with Crippen molar-refractivity contribution in [2.24, 2.45) is 5.92 Å². The number of rotatable bonds is 3. The van der Waals surface area contributed by atoms with Gasteiger partial charge in [-0.05, 0) is 55.4 Å². The summed E-state index contributed by atoms with van der Waals surface area (Å²) in [6, 6.07) is 6.32. The first-order valence-corrected chi connectivity index (χ1v) is 6.48. The highest BCUT2D eigenvalue weighted by atomic mass is 19.1. The second-order valence-electron chi connectivity index (χ2n) is 5.15. The van der Waals surface area contributed by atoms with Crippen LogP contribution in [0.3, 0.4) is 0 Å². The molecular formula is C15H18FNO. The second-order valence-corrected chi connectivity index (χ2v) is 5.15. The van der Waals surface area contributed by atoms with Gasteiger partial charge in [0, 0.05) is 0 Å². The molecule has 0 unspecified atom stereocenters. The number of halogens is 1. The summed E-state index contributed by atoms with van der Waals surface area (Å²) >= 11 is 0. The van der Waals surface area contributed by atoms with Crippen molar-refractivity contribution in [3.63, 3.8) is 0 Å². The van der Waals surface area contributed by atoms with Crippen LogP contribution < -0.4 is 0 Å². The van der Waals surface area contributed by atoms with E-state index >= 15 is 0 Å². The van der Waals surface area contributed by atoms with Crippen LogP contribution in [0.5, 0.6) is 0 Å². The van der Waals surface area contributed by atoms with Crippen molar-refractivity contribution in [2.75, 3.05) is 0 Å². The smallest absolute Gasteiger partial charge is 0.124 e. The highest BCUT2D eigenvalue weighted by Crippen LogP contribution is 2.26. The maximum Gasteiger partial charge on any atom is 0.124 e. The lowest BCUT2D eigenvalue weighted by atomic mass is 9.89. The van der Waals surface area contributed by atoms with Crippen molar-refractivity contribution in [3.8, 4) is 6.07 Å². The Hall–Kier alpha value is -1.40. The summed E-state index contributed by atoms with van der Waals surface area (Å²) in [7, 11) is 0. The zero-order valence-electron chi connectivity index (χ0n) is 10.7. The maximum absolute atomic E-state index is 13.2. The lowest BCUT2D eigenvalue weighted by Gasteiger charge is -2.26. The molecule has 1 aliphatic carbocycles. The van der Waals surface area contributed by atoms with Gasteiger partial charge in [0.1, 0.15) is 5.82 Å². The van der Waals surface area contributed by atoms with Gasteiger partial charge in [-0.15, -0.1) is 0 Å². The van der Waals surface area contributed by atoms with Gasteiger partial charge in [-0.2, -0.15) is 5.26 Å². The first kappa shape index (κ1) is 13.0. The minimum absolute atomic E-state index is 0.287. The molecule has 3 heteroatoms. The van der Waals surface area contributed by atoms with E-state index in [4.69, 9.17) is 10.00 Å². The molecule has 18 heavy (non-hydrogen) atoms. The third-order valence-corrected chi connectivity index (χ3v) is 3.54. The molecule has 0 atom stereocenters. The molecule has 0 heterocycles. The second kappa shape index (κ2) is 5.97. The summed E-state index contributed by atoms with van der Waals surface area (Å²) < 4.78 is 19.0. The van der Waals surface area contributed by atoms with E-state index in [2.05, 4.69) is 6.92 Å². The first-order valence-electron chi connectivity index (χ1n) is 6.48. The Morgan fingerprint density at radius 2 is 2.00 bits per heavy atom. The standard InChI is InChI=1S/C15H18FNO/c1-11-2-4-15(5-3-11)18-10-13-6-12(9-17)7-14(16)8-13/h6-8,11,15H,2-5,10H2,1H3. The molecule has 0 spiro atoms. The molecule has 1 aliphatic rings. The molecule has 2 rings (SSSR count). The van der Waals surface area contributed by atoms with Crippen LogP contribution >= 0.6 is 0 Å². The van der Waals surface area contributed by atoms with Crippen LogP contribution in [0.1, 0.15) is 43.7 Å². The predicted molar refractivity (Wildman–Crippen MR) is 67.3 cm³/mol. The van der Waals surface area contributed by atoms with Gasteiger partial charge in [-0.25, -0.2) is 4.39 Å². The van der Waals surface area contributed by atoms with E-state index in [0.717, 1.165) is 24.3 Å². The first-order chi connectivity index (χ1) is 8.67. The molecule has 96 valence electrons. The number of ether oxygens (including phenoxy) is 1. The molecule has 0 N–H and O–H groups in total. The van der Waals surface area contributed by atoms with Gasteiger partial charge in [-0.3, -0.25) is 0 Å². The van der Waals surface area contributed by atoms with Crippen molar-refractivity contribution in [2.45, 2.75) is 45.3 Å². The van der Waals surface area contributed by atoms with Gasteiger partial charge in [0.25, 0.3) is 0 Å². The van der Waals surface area contributed by atoms with Gasteiger partial charge in [0.05, 0.1) is 24.3 Å². The van der Waals surface area contributed by atoms with Gasteiger partial charge in [0.15, 0.2) is 0 Å². The largest absolute Gasteiger partial charge is 0.374 e. The highest BCUT2D eigenvalue weighted by molar-refractivity contribution is 5.33.